The van der Waals surface area contributed by atoms with E-state index in [2.05, 4.69) is 0 Å². The van der Waals surface area contributed by atoms with Crippen molar-refractivity contribution in [1.82, 2.24) is 0 Å². The minimum absolute atomic E-state index is 0.173. The molecule has 1 aromatic carbocycles. The summed E-state index contributed by atoms with van der Waals surface area (Å²) >= 11 is 1.33. The van der Waals surface area contributed by atoms with Gasteiger partial charge in [-0.15, -0.1) is 11.8 Å². The monoisotopic (exact) mass is 322 g/mol. The first-order chi connectivity index (χ1) is 10.3. The Morgan fingerprint density at radius 3 is 2.36 bits per heavy atom. The van der Waals surface area contributed by atoms with Crippen LogP contribution in [-0.4, -0.2) is 28.0 Å². The zero-order chi connectivity index (χ0) is 16.2. The second-order valence-corrected chi connectivity index (χ2v) is 7.79. The Bertz CT molecular complexity index is 529. The lowest BCUT2D eigenvalue weighted by atomic mass is 10.2. The lowest BCUT2D eigenvalue weighted by Gasteiger charge is -2.23. The summed E-state index contributed by atoms with van der Waals surface area (Å²) in [4.78, 5) is 23.9. The number of hydrogen-bond acceptors (Lipinski definition) is 5. The summed E-state index contributed by atoms with van der Waals surface area (Å²) in [6, 6.07) is 9.53. The molecule has 5 heteroatoms. The molecule has 1 fully saturated rings. The fraction of sp³-hybridized carbons (Fsp3) is 0.529. The van der Waals surface area contributed by atoms with Crippen molar-refractivity contribution in [3.8, 4) is 0 Å². The van der Waals surface area contributed by atoms with Gasteiger partial charge >= 0.3 is 11.9 Å². The van der Waals surface area contributed by atoms with Gasteiger partial charge in [-0.2, -0.15) is 0 Å². The summed E-state index contributed by atoms with van der Waals surface area (Å²) in [6.45, 7) is 5.80. The second kappa shape index (κ2) is 6.73. The largest absolute Gasteiger partial charge is 0.460 e. The molecule has 0 aliphatic heterocycles. The SMILES string of the molecule is CC(C)(C)OC(=O)C1(SCC(=O)OCc2ccccc2)CC1. The number of thioether (sulfide) groups is 1. The summed E-state index contributed by atoms with van der Waals surface area (Å²) in [7, 11) is 0. The number of esters is 2. The zero-order valence-corrected chi connectivity index (χ0v) is 14.1. The topological polar surface area (TPSA) is 52.6 Å². The molecule has 0 N–H and O–H groups in total. The average molecular weight is 322 g/mol. The average Bonchev–Trinajstić information content (AvgIpc) is 3.23. The van der Waals surface area contributed by atoms with Gasteiger partial charge in [0.15, 0.2) is 0 Å². The lowest BCUT2D eigenvalue weighted by molar-refractivity contribution is -0.155. The molecule has 1 aliphatic rings. The normalized spacial score (nSPS) is 16.0. The molecule has 0 unspecified atom stereocenters. The van der Waals surface area contributed by atoms with Gasteiger partial charge in [0.25, 0.3) is 0 Å². The maximum absolute atomic E-state index is 12.1. The molecule has 0 heterocycles. The Morgan fingerprint density at radius 1 is 1.18 bits per heavy atom. The first-order valence-corrected chi connectivity index (χ1v) is 8.36. The van der Waals surface area contributed by atoms with Crippen molar-refractivity contribution >= 4 is 23.7 Å². The third-order valence-corrected chi connectivity index (χ3v) is 4.69. The van der Waals surface area contributed by atoms with Crippen LogP contribution in [0.1, 0.15) is 39.2 Å². The molecule has 1 saturated carbocycles. The number of ether oxygens (including phenoxy) is 2. The van der Waals surface area contributed by atoms with Crippen molar-refractivity contribution < 1.29 is 19.1 Å². The summed E-state index contributed by atoms with van der Waals surface area (Å²) in [5, 5.41) is 0. The van der Waals surface area contributed by atoms with Crippen molar-refractivity contribution in [2.24, 2.45) is 0 Å². The highest BCUT2D eigenvalue weighted by atomic mass is 32.2. The standard InChI is InChI=1S/C17H22O4S/c1-16(2,3)21-15(19)17(9-10-17)22-12-14(18)20-11-13-7-5-4-6-8-13/h4-8H,9-12H2,1-3H3. The van der Waals surface area contributed by atoms with E-state index in [1.807, 2.05) is 51.1 Å². The van der Waals surface area contributed by atoms with Crippen molar-refractivity contribution in [2.75, 3.05) is 5.75 Å². The van der Waals surface area contributed by atoms with Gasteiger partial charge in [0.2, 0.25) is 0 Å². The molecule has 0 bridgehead atoms. The van der Waals surface area contributed by atoms with E-state index in [0.29, 0.717) is 0 Å². The molecule has 0 atom stereocenters. The van der Waals surface area contributed by atoms with Crippen LogP contribution in [0.3, 0.4) is 0 Å². The van der Waals surface area contributed by atoms with E-state index in [-0.39, 0.29) is 24.3 Å². The van der Waals surface area contributed by atoms with Crippen LogP contribution in [0.5, 0.6) is 0 Å². The Morgan fingerprint density at radius 2 is 1.82 bits per heavy atom. The van der Waals surface area contributed by atoms with Gasteiger partial charge in [-0.25, -0.2) is 0 Å². The Balaban J connectivity index is 1.75. The first kappa shape index (κ1) is 16.9. The van der Waals surface area contributed by atoms with E-state index < -0.39 is 10.3 Å². The molecule has 0 amide bonds. The van der Waals surface area contributed by atoms with Crippen LogP contribution in [0.2, 0.25) is 0 Å². The molecule has 4 nitrogen and oxygen atoms in total. The van der Waals surface area contributed by atoms with Gasteiger partial charge in [0.05, 0.1) is 5.75 Å². The van der Waals surface area contributed by atoms with Gasteiger partial charge in [0.1, 0.15) is 17.0 Å². The number of hydrogen-bond donors (Lipinski definition) is 0. The minimum atomic E-state index is -0.543. The fourth-order valence-electron chi connectivity index (χ4n) is 1.87. The fourth-order valence-corrected chi connectivity index (χ4v) is 2.90. The Labute approximate surface area is 135 Å². The van der Waals surface area contributed by atoms with Crippen LogP contribution in [-0.2, 0) is 25.7 Å². The molecule has 0 saturated heterocycles. The van der Waals surface area contributed by atoms with Gasteiger partial charge in [-0.1, -0.05) is 30.3 Å². The Kier molecular flexibility index (Phi) is 5.16. The van der Waals surface area contributed by atoms with Crippen LogP contribution < -0.4 is 0 Å². The van der Waals surface area contributed by atoms with Crippen LogP contribution in [0.15, 0.2) is 30.3 Å². The third kappa shape index (κ3) is 5.05. The molecule has 2 rings (SSSR count). The van der Waals surface area contributed by atoms with E-state index in [1.165, 1.54) is 11.8 Å². The first-order valence-electron chi connectivity index (χ1n) is 7.38. The zero-order valence-electron chi connectivity index (χ0n) is 13.3. The van der Waals surface area contributed by atoms with Gasteiger partial charge in [-0.05, 0) is 39.2 Å². The number of rotatable bonds is 6. The molecular weight excluding hydrogens is 300 g/mol. The van der Waals surface area contributed by atoms with Crippen LogP contribution >= 0.6 is 11.8 Å². The lowest BCUT2D eigenvalue weighted by Crippen LogP contribution is -2.32. The highest BCUT2D eigenvalue weighted by Crippen LogP contribution is 2.50. The summed E-state index contributed by atoms with van der Waals surface area (Å²) in [5.74, 6) is -0.351. The van der Waals surface area contributed by atoms with E-state index in [0.717, 1.165) is 18.4 Å². The maximum atomic E-state index is 12.1. The van der Waals surface area contributed by atoms with Crippen molar-refractivity contribution in [3.05, 3.63) is 35.9 Å². The van der Waals surface area contributed by atoms with E-state index in [4.69, 9.17) is 9.47 Å². The number of carbonyl (C=O) groups excluding carboxylic acids is 2. The predicted octanol–water partition coefficient (Wildman–Crippen LogP) is 3.34. The molecular formula is C17H22O4S. The molecule has 120 valence electrons. The molecule has 1 aliphatic carbocycles. The van der Waals surface area contributed by atoms with Crippen LogP contribution in [0, 0.1) is 0 Å². The van der Waals surface area contributed by atoms with Crippen LogP contribution in [0.25, 0.3) is 0 Å². The smallest absolute Gasteiger partial charge is 0.322 e. The van der Waals surface area contributed by atoms with Crippen LogP contribution in [0.4, 0.5) is 0 Å². The highest BCUT2D eigenvalue weighted by molar-refractivity contribution is 8.02. The van der Waals surface area contributed by atoms with E-state index in [1.54, 1.807) is 0 Å². The third-order valence-electron chi connectivity index (χ3n) is 3.18. The molecule has 0 aromatic heterocycles. The Hall–Kier alpha value is -1.49. The molecule has 22 heavy (non-hydrogen) atoms. The molecule has 0 spiro atoms. The molecule has 1 aromatic rings. The quantitative estimate of drug-likeness (QED) is 0.752. The number of benzene rings is 1. The summed E-state index contributed by atoms with van der Waals surface area (Å²) < 4.78 is 10.1. The highest BCUT2D eigenvalue weighted by Gasteiger charge is 2.53. The summed E-state index contributed by atoms with van der Waals surface area (Å²) in [5.41, 5.74) is 0.454. The minimum Gasteiger partial charge on any atom is -0.460 e. The number of carbonyl (C=O) groups is 2. The maximum Gasteiger partial charge on any atom is 0.322 e. The van der Waals surface area contributed by atoms with E-state index in [9.17, 15) is 9.59 Å². The predicted molar refractivity (Wildman–Crippen MR) is 86.5 cm³/mol. The van der Waals surface area contributed by atoms with Gasteiger partial charge in [0, 0.05) is 0 Å². The van der Waals surface area contributed by atoms with E-state index >= 15 is 0 Å². The van der Waals surface area contributed by atoms with Crippen molar-refractivity contribution in [2.45, 2.75) is 50.6 Å². The summed E-state index contributed by atoms with van der Waals surface area (Å²) in [6.07, 6.45) is 1.52. The van der Waals surface area contributed by atoms with Gasteiger partial charge in [-0.3, -0.25) is 9.59 Å². The molecule has 0 radical (unpaired) electrons. The van der Waals surface area contributed by atoms with Crippen molar-refractivity contribution in [3.63, 3.8) is 0 Å². The van der Waals surface area contributed by atoms with Gasteiger partial charge < -0.3 is 9.47 Å². The second-order valence-electron chi connectivity index (χ2n) is 6.43. The van der Waals surface area contributed by atoms with Crippen molar-refractivity contribution in [1.29, 1.82) is 0 Å².